The molecular weight excluding hydrogens is 466 g/mol. The summed E-state index contributed by atoms with van der Waals surface area (Å²) < 4.78 is 15.7. The van der Waals surface area contributed by atoms with Gasteiger partial charge in [0.25, 0.3) is 11.7 Å². The van der Waals surface area contributed by atoms with Crippen molar-refractivity contribution in [3.05, 3.63) is 59.4 Å². The molecule has 2 saturated heterocycles. The molecule has 2 aliphatic heterocycles. The predicted octanol–water partition coefficient (Wildman–Crippen LogP) is 3.14. The standard InChI is InChI=1S/C26H29N3O7/c1-4-36-26(33)28-13-10-17(11-14-28)29-22(18-7-5-6-12-27-18)21(24(31)25(29)32)23(30)16-8-9-19(34-2)20(15-16)35-3/h5-9,12,15,17,22,30H,4,10-11,13-14H2,1-3H3/b23-21+. The lowest BCUT2D eigenvalue weighted by Gasteiger charge is -2.38. The van der Waals surface area contributed by atoms with Gasteiger partial charge in [-0.3, -0.25) is 14.6 Å². The molecule has 0 spiro atoms. The van der Waals surface area contributed by atoms with Gasteiger partial charge < -0.3 is 29.1 Å². The number of hydrogen-bond acceptors (Lipinski definition) is 8. The van der Waals surface area contributed by atoms with E-state index in [-0.39, 0.29) is 24.0 Å². The molecular formula is C26H29N3O7. The maximum atomic E-state index is 13.3. The van der Waals surface area contributed by atoms with E-state index in [0.717, 1.165) is 0 Å². The van der Waals surface area contributed by atoms with E-state index in [4.69, 9.17) is 14.2 Å². The number of nitrogens with zero attached hydrogens (tertiary/aromatic N) is 3. The van der Waals surface area contributed by atoms with E-state index in [1.807, 2.05) is 0 Å². The van der Waals surface area contributed by atoms with Crippen molar-refractivity contribution in [2.75, 3.05) is 33.9 Å². The van der Waals surface area contributed by atoms with Crippen molar-refractivity contribution >= 4 is 23.5 Å². The average Bonchev–Trinajstić information content (AvgIpc) is 3.18. The maximum absolute atomic E-state index is 13.3. The number of hydrogen-bond donors (Lipinski definition) is 1. The van der Waals surface area contributed by atoms with Crippen molar-refractivity contribution in [1.82, 2.24) is 14.8 Å². The van der Waals surface area contributed by atoms with Crippen molar-refractivity contribution in [3.63, 3.8) is 0 Å². The highest BCUT2D eigenvalue weighted by Gasteiger charge is 2.50. The van der Waals surface area contributed by atoms with Crippen LogP contribution in [-0.2, 0) is 14.3 Å². The number of Topliss-reactive ketones (excluding diaryl/α,β-unsaturated/α-hetero) is 1. The number of ketones is 1. The number of amides is 2. The number of carbonyl (C=O) groups is 3. The van der Waals surface area contributed by atoms with Crippen LogP contribution in [0.1, 0.15) is 37.1 Å². The molecule has 0 aliphatic carbocycles. The zero-order chi connectivity index (χ0) is 25.8. The van der Waals surface area contributed by atoms with Gasteiger partial charge in [-0.25, -0.2) is 4.79 Å². The van der Waals surface area contributed by atoms with Gasteiger partial charge in [0.15, 0.2) is 11.5 Å². The van der Waals surface area contributed by atoms with Gasteiger partial charge >= 0.3 is 6.09 Å². The fraction of sp³-hybridized carbons (Fsp3) is 0.385. The van der Waals surface area contributed by atoms with E-state index in [9.17, 15) is 19.5 Å². The molecule has 2 aromatic rings. The summed E-state index contributed by atoms with van der Waals surface area (Å²) >= 11 is 0. The summed E-state index contributed by atoms with van der Waals surface area (Å²) in [4.78, 5) is 46.3. The van der Waals surface area contributed by atoms with Crippen molar-refractivity contribution in [2.24, 2.45) is 0 Å². The topological polar surface area (TPSA) is 119 Å². The molecule has 3 heterocycles. The minimum atomic E-state index is -0.876. The van der Waals surface area contributed by atoms with Gasteiger partial charge in [-0.05, 0) is 50.1 Å². The summed E-state index contributed by atoms with van der Waals surface area (Å²) in [5.41, 5.74) is 0.731. The van der Waals surface area contributed by atoms with Crippen LogP contribution in [0, 0.1) is 0 Å². The number of likely N-dealkylation sites (tertiary alicyclic amines) is 2. The lowest BCUT2D eigenvalue weighted by molar-refractivity contribution is -0.142. The monoisotopic (exact) mass is 495 g/mol. The van der Waals surface area contributed by atoms with Gasteiger partial charge in [0.05, 0.1) is 32.1 Å². The smallest absolute Gasteiger partial charge is 0.409 e. The maximum Gasteiger partial charge on any atom is 0.409 e. The summed E-state index contributed by atoms with van der Waals surface area (Å²) in [6.07, 6.45) is 2.11. The van der Waals surface area contributed by atoms with Crippen LogP contribution in [0.25, 0.3) is 5.76 Å². The first-order valence-corrected chi connectivity index (χ1v) is 11.8. The largest absolute Gasteiger partial charge is 0.507 e. The molecule has 36 heavy (non-hydrogen) atoms. The molecule has 0 bridgehead atoms. The molecule has 1 atom stereocenters. The summed E-state index contributed by atoms with van der Waals surface area (Å²) in [5.74, 6) is -0.981. The van der Waals surface area contributed by atoms with Gasteiger partial charge in [-0.2, -0.15) is 0 Å². The first kappa shape index (κ1) is 25.0. The van der Waals surface area contributed by atoms with Crippen LogP contribution in [-0.4, -0.2) is 77.6 Å². The second-order valence-corrected chi connectivity index (χ2v) is 8.45. The summed E-state index contributed by atoms with van der Waals surface area (Å²) in [5, 5.41) is 11.3. The van der Waals surface area contributed by atoms with Crippen LogP contribution >= 0.6 is 0 Å². The third-order valence-electron chi connectivity index (χ3n) is 6.49. The molecule has 0 saturated carbocycles. The predicted molar refractivity (Wildman–Crippen MR) is 130 cm³/mol. The number of aliphatic hydroxyl groups is 1. The van der Waals surface area contributed by atoms with Crippen molar-refractivity contribution < 1.29 is 33.7 Å². The third kappa shape index (κ3) is 4.58. The van der Waals surface area contributed by atoms with E-state index in [1.165, 1.54) is 19.1 Å². The zero-order valence-electron chi connectivity index (χ0n) is 20.5. The Labute approximate surface area is 209 Å². The second-order valence-electron chi connectivity index (χ2n) is 8.45. The second kappa shape index (κ2) is 10.7. The van der Waals surface area contributed by atoms with E-state index >= 15 is 0 Å². The minimum Gasteiger partial charge on any atom is -0.507 e. The van der Waals surface area contributed by atoms with Gasteiger partial charge in [0.1, 0.15) is 11.8 Å². The molecule has 1 aromatic heterocycles. The molecule has 10 nitrogen and oxygen atoms in total. The quantitative estimate of drug-likeness (QED) is 0.369. The number of ether oxygens (including phenoxy) is 3. The van der Waals surface area contributed by atoms with E-state index in [1.54, 1.807) is 54.4 Å². The highest BCUT2D eigenvalue weighted by molar-refractivity contribution is 6.46. The molecule has 0 radical (unpaired) electrons. The average molecular weight is 496 g/mol. The number of benzene rings is 1. The van der Waals surface area contributed by atoms with Crippen molar-refractivity contribution in [2.45, 2.75) is 31.8 Å². The van der Waals surface area contributed by atoms with Crippen LogP contribution in [0.2, 0.25) is 0 Å². The van der Waals surface area contributed by atoms with Gasteiger partial charge in [0, 0.05) is 30.9 Å². The fourth-order valence-corrected chi connectivity index (χ4v) is 4.74. The van der Waals surface area contributed by atoms with Crippen LogP contribution in [0.4, 0.5) is 4.79 Å². The summed E-state index contributed by atoms with van der Waals surface area (Å²) in [7, 11) is 2.97. The molecule has 10 heteroatoms. The Morgan fingerprint density at radius 3 is 2.42 bits per heavy atom. The van der Waals surface area contributed by atoms with Crippen molar-refractivity contribution in [1.29, 1.82) is 0 Å². The lowest BCUT2D eigenvalue weighted by Crippen LogP contribution is -2.48. The number of piperidine rings is 1. The highest BCUT2D eigenvalue weighted by Crippen LogP contribution is 2.42. The van der Waals surface area contributed by atoms with Crippen LogP contribution in [0.3, 0.4) is 0 Å². The van der Waals surface area contributed by atoms with Gasteiger partial charge in [0.2, 0.25) is 0 Å². The number of carbonyl (C=O) groups excluding carboxylic acids is 3. The Bertz CT molecular complexity index is 1170. The first-order chi connectivity index (χ1) is 17.4. The molecule has 4 rings (SSSR count). The zero-order valence-corrected chi connectivity index (χ0v) is 20.5. The Morgan fingerprint density at radius 2 is 1.81 bits per heavy atom. The molecule has 1 unspecified atom stereocenters. The molecule has 1 aromatic carbocycles. The molecule has 1 N–H and O–H groups in total. The number of aromatic nitrogens is 1. The van der Waals surface area contributed by atoms with Crippen LogP contribution in [0.15, 0.2) is 48.2 Å². The Morgan fingerprint density at radius 1 is 1.08 bits per heavy atom. The molecule has 2 amide bonds. The van der Waals surface area contributed by atoms with E-state index in [2.05, 4.69) is 4.98 Å². The van der Waals surface area contributed by atoms with E-state index < -0.39 is 23.8 Å². The lowest BCUT2D eigenvalue weighted by atomic mass is 9.96. The first-order valence-electron chi connectivity index (χ1n) is 11.8. The van der Waals surface area contributed by atoms with E-state index in [0.29, 0.717) is 48.7 Å². The molecule has 2 aliphatic rings. The van der Waals surface area contributed by atoms with Crippen LogP contribution < -0.4 is 9.47 Å². The molecule has 190 valence electrons. The Kier molecular flexibility index (Phi) is 7.42. The summed E-state index contributed by atoms with van der Waals surface area (Å²) in [6.45, 7) is 2.80. The normalized spacial score (nSPS) is 19.9. The SMILES string of the molecule is CCOC(=O)N1CCC(N2C(=O)C(=O)/C(=C(/O)c3ccc(OC)c(OC)c3)C2c2ccccn2)CC1. The minimum absolute atomic E-state index is 0.0428. The Balaban J connectivity index is 1.74. The number of rotatable bonds is 6. The highest BCUT2D eigenvalue weighted by atomic mass is 16.6. The molecule has 2 fully saturated rings. The number of methoxy groups -OCH3 is 2. The Hall–Kier alpha value is -4.08. The fourth-order valence-electron chi connectivity index (χ4n) is 4.74. The van der Waals surface area contributed by atoms with Crippen molar-refractivity contribution in [3.8, 4) is 11.5 Å². The summed E-state index contributed by atoms with van der Waals surface area (Å²) in [6, 6.07) is 8.79. The number of pyridine rings is 1. The third-order valence-corrected chi connectivity index (χ3v) is 6.49. The van der Waals surface area contributed by atoms with Gasteiger partial charge in [-0.15, -0.1) is 0 Å². The van der Waals surface area contributed by atoms with Crippen LogP contribution in [0.5, 0.6) is 11.5 Å². The van der Waals surface area contributed by atoms with Gasteiger partial charge in [-0.1, -0.05) is 6.07 Å². The number of aliphatic hydroxyl groups excluding tert-OH is 1.